The van der Waals surface area contributed by atoms with Gasteiger partial charge >= 0.3 is 5.97 Å². The maximum atomic E-state index is 12.3. The average molecular weight is 242 g/mol. The molecule has 0 spiro atoms. The number of carboxylic acids is 1. The van der Waals surface area contributed by atoms with Crippen molar-refractivity contribution in [2.24, 2.45) is 11.7 Å². The molecule has 1 aliphatic rings. The second-order valence-corrected chi connectivity index (χ2v) is 4.97. The highest BCUT2D eigenvalue weighted by atomic mass is 16.4. The van der Waals surface area contributed by atoms with Gasteiger partial charge in [-0.15, -0.1) is 0 Å². The van der Waals surface area contributed by atoms with E-state index in [-0.39, 0.29) is 36.9 Å². The van der Waals surface area contributed by atoms with Crippen molar-refractivity contribution in [3.05, 3.63) is 0 Å². The van der Waals surface area contributed by atoms with Crippen LogP contribution in [0.15, 0.2) is 0 Å². The van der Waals surface area contributed by atoms with Crippen LogP contribution in [0.5, 0.6) is 0 Å². The van der Waals surface area contributed by atoms with Crippen LogP contribution in [0.4, 0.5) is 0 Å². The lowest BCUT2D eigenvalue weighted by molar-refractivity contribution is -0.140. The van der Waals surface area contributed by atoms with Gasteiger partial charge in [0.05, 0.1) is 12.3 Å². The predicted molar refractivity (Wildman–Crippen MR) is 64.4 cm³/mol. The second-order valence-electron chi connectivity index (χ2n) is 4.97. The molecule has 17 heavy (non-hydrogen) atoms. The van der Waals surface area contributed by atoms with Crippen molar-refractivity contribution in [2.75, 3.05) is 6.54 Å². The number of aliphatic carboxylic acids is 1. The monoisotopic (exact) mass is 242 g/mol. The van der Waals surface area contributed by atoms with Gasteiger partial charge in [0, 0.05) is 18.6 Å². The fourth-order valence-electron chi connectivity index (χ4n) is 2.35. The quantitative estimate of drug-likeness (QED) is 0.747. The fraction of sp³-hybridized carbons (Fsp3) is 0.833. The summed E-state index contributed by atoms with van der Waals surface area (Å²) in [5.41, 5.74) is 5.91. The van der Waals surface area contributed by atoms with Crippen LogP contribution in [0.2, 0.25) is 0 Å². The van der Waals surface area contributed by atoms with E-state index in [2.05, 4.69) is 0 Å². The maximum absolute atomic E-state index is 12.3. The van der Waals surface area contributed by atoms with E-state index in [1.165, 1.54) is 0 Å². The van der Waals surface area contributed by atoms with Crippen molar-refractivity contribution < 1.29 is 14.7 Å². The highest BCUT2D eigenvalue weighted by Gasteiger charge is 2.34. The van der Waals surface area contributed by atoms with Crippen LogP contribution in [0.1, 0.15) is 39.5 Å². The number of carboxylic acid groups (broad SMARTS) is 1. The Balaban J connectivity index is 2.63. The van der Waals surface area contributed by atoms with Gasteiger partial charge in [-0.05, 0) is 26.7 Å². The first kappa shape index (κ1) is 14.0. The molecule has 5 nitrogen and oxygen atoms in total. The molecule has 3 N–H and O–H groups in total. The van der Waals surface area contributed by atoms with Gasteiger partial charge in [-0.25, -0.2) is 0 Å². The number of carbonyl (C=O) groups is 2. The first-order chi connectivity index (χ1) is 7.93. The zero-order valence-corrected chi connectivity index (χ0v) is 10.6. The fourth-order valence-corrected chi connectivity index (χ4v) is 2.35. The summed E-state index contributed by atoms with van der Waals surface area (Å²) in [6, 6.07) is -0.0387. The molecule has 0 radical (unpaired) electrons. The van der Waals surface area contributed by atoms with Crippen LogP contribution in [-0.2, 0) is 9.59 Å². The first-order valence-corrected chi connectivity index (χ1v) is 6.21. The molecule has 1 fully saturated rings. The standard InChI is InChI=1S/C12H22N2O3/c1-8(2)14(7-6-11(15)16)12(17)9-4-3-5-10(9)13/h8-10H,3-7,13H2,1-2H3,(H,15,16). The third-order valence-corrected chi connectivity index (χ3v) is 3.36. The highest BCUT2D eigenvalue weighted by molar-refractivity contribution is 5.80. The van der Waals surface area contributed by atoms with Gasteiger partial charge < -0.3 is 15.7 Å². The van der Waals surface area contributed by atoms with Crippen LogP contribution >= 0.6 is 0 Å². The smallest absolute Gasteiger partial charge is 0.305 e. The number of hydrogen-bond donors (Lipinski definition) is 2. The molecule has 0 aromatic rings. The lowest BCUT2D eigenvalue weighted by atomic mass is 10.0. The molecule has 5 heteroatoms. The van der Waals surface area contributed by atoms with Crippen LogP contribution in [-0.4, -0.2) is 40.5 Å². The maximum Gasteiger partial charge on any atom is 0.305 e. The molecule has 1 saturated carbocycles. The molecule has 0 aromatic carbocycles. The lowest BCUT2D eigenvalue weighted by Gasteiger charge is -2.30. The van der Waals surface area contributed by atoms with E-state index >= 15 is 0 Å². The number of amides is 1. The lowest BCUT2D eigenvalue weighted by Crippen LogP contribution is -2.45. The zero-order chi connectivity index (χ0) is 13.0. The molecule has 0 bridgehead atoms. The summed E-state index contributed by atoms with van der Waals surface area (Å²) in [7, 11) is 0. The minimum atomic E-state index is -0.876. The molecule has 2 unspecified atom stereocenters. The molecule has 98 valence electrons. The van der Waals surface area contributed by atoms with Crippen LogP contribution in [0.25, 0.3) is 0 Å². The van der Waals surface area contributed by atoms with E-state index in [0.717, 1.165) is 19.3 Å². The first-order valence-electron chi connectivity index (χ1n) is 6.21. The van der Waals surface area contributed by atoms with Gasteiger partial charge in [-0.3, -0.25) is 9.59 Å². The molecule has 0 saturated heterocycles. The second kappa shape index (κ2) is 6.00. The van der Waals surface area contributed by atoms with E-state index in [1.54, 1.807) is 4.90 Å². The van der Waals surface area contributed by atoms with Crippen molar-refractivity contribution in [1.82, 2.24) is 4.90 Å². The third-order valence-electron chi connectivity index (χ3n) is 3.36. The van der Waals surface area contributed by atoms with E-state index in [1.807, 2.05) is 13.8 Å². The van der Waals surface area contributed by atoms with E-state index in [0.29, 0.717) is 0 Å². The Bertz CT molecular complexity index is 291. The van der Waals surface area contributed by atoms with E-state index < -0.39 is 5.97 Å². The summed E-state index contributed by atoms with van der Waals surface area (Å²) in [6.07, 6.45) is 2.70. The van der Waals surface area contributed by atoms with Gasteiger partial charge in [0.2, 0.25) is 5.91 Å². The topological polar surface area (TPSA) is 83.6 Å². The molecule has 1 amide bonds. The molecule has 0 aromatic heterocycles. The van der Waals surface area contributed by atoms with Crippen LogP contribution in [0, 0.1) is 5.92 Å². The molecule has 0 aliphatic heterocycles. The van der Waals surface area contributed by atoms with Gasteiger partial charge in [0.15, 0.2) is 0 Å². The Kier molecular flexibility index (Phi) is 4.93. The largest absolute Gasteiger partial charge is 0.481 e. The van der Waals surface area contributed by atoms with E-state index in [4.69, 9.17) is 10.8 Å². The predicted octanol–water partition coefficient (Wildman–Crippen LogP) is 0.825. The number of hydrogen-bond acceptors (Lipinski definition) is 3. The number of nitrogens with zero attached hydrogens (tertiary/aromatic N) is 1. The normalized spacial score (nSPS) is 24.0. The average Bonchev–Trinajstić information content (AvgIpc) is 2.63. The number of carbonyl (C=O) groups excluding carboxylic acids is 1. The minimum Gasteiger partial charge on any atom is -0.481 e. The van der Waals surface area contributed by atoms with Gasteiger partial charge in [0.1, 0.15) is 0 Å². The highest BCUT2D eigenvalue weighted by Crippen LogP contribution is 2.26. The molecule has 1 rings (SSSR count). The van der Waals surface area contributed by atoms with Crippen molar-refractivity contribution in [3.63, 3.8) is 0 Å². The molecule has 2 atom stereocenters. The summed E-state index contributed by atoms with van der Waals surface area (Å²) >= 11 is 0. The Morgan fingerprint density at radius 2 is 2.06 bits per heavy atom. The van der Waals surface area contributed by atoms with Crippen LogP contribution in [0.3, 0.4) is 0 Å². The molecular formula is C12H22N2O3. The van der Waals surface area contributed by atoms with Crippen molar-refractivity contribution in [3.8, 4) is 0 Å². The summed E-state index contributed by atoms with van der Waals surface area (Å²) in [5, 5.41) is 8.68. The summed E-state index contributed by atoms with van der Waals surface area (Å²) in [5.74, 6) is -0.975. The number of rotatable bonds is 5. The number of nitrogens with two attached hydrogens (primary N) is 1. The summed E-state index contributed by atoms with van der Waals surface area (Å²) in [4.78, 5) is 24.5. The summed E-state index contributed by atoms with van der Waals surface area (Å²) < 4.78 is 0. The molecule has 1 aliphatic carbocycles. The Morgan fingerprint density at radius 1 is 1.41 bits per heavy atom. The summed E-state index contributed by atoms with van der Waals surface area (Å²) in [6.45, 7) is 4.08. The van der Waals surface area contributed by atoms with Gasteiger partial charge in [0.25, 0.3) is 0 Å². The Morgan fingerprint density at radius 3 is 2.47 bits per heavy atom. The molecular weight excluding hydrogens is 220 g/mol. The van der Waals surface area contributed by atoms with Crippen molar-refractivity contribution in [1.29, 1.82) is 0 Å². The zero-order valence-electron chi connectivity index (χ0n) is 10.6. The van der Waals surface area contributed by atoms with Gasteiger partial charge in [-0.1, -0.05) is 6.42 Å². The Hall–Kier alpha value is -1.10. The van der Waals surface area contributed by atoms with Crippen molar-refractivity contribution in [2.45, 2.75) is 51.6 Å². The minimum absolute atomic E-state index is 0.00806. The van der Waals surface area contributed by atoms with Crippen molar-refractivity contribution >= 4 is 11.9 Å². The SMILES string of the molecule is CC(C)N(CCC(=O)O)C(=O)C1CCCC1N. The van der Waals surface area contributed by atoms with Crippen LogP contribution < -0.4 is 5.73 Å². The van der Waals surface area contributed by atoms with Gasteiger partial charge in [-0.2, -0.15) is 0 Å². The Labute approximate surface area is 102 Å². The molecule has 0 heterocycles. The van der Waals surface area contributed by atoms with E-state index in [9.17, 15) is 9.59 Å². The third kappa shape index (κ3) is 3.70.